The summed E-state index contributed by atoms with van der Waals surface area (Å²) < 4.78 is 0. The van der Waals surface area contributed by atoms with Gasteiger partial charge in [-0.2, -0.15) is 0 Å². The molecule has 3 saturated carbocycles. The lowest BCUT2D eigenvalue weighted by atomic mass is 10.0. The summed E-state index contributed by atoms with van der Waals surface area (Å²) in [5.74, 6) is 3.97. The zero-order valence-corrected chi connectivity index (χ0v) is 11.7. The summed E-state index contributed by atoms with van der Waals surface area (Å²) >= 11 is 0. The summed E-state index contributed by atoms with van der Waals surface area (Å²) in [5.41, 5.74) is 0. The Morgan fingerprint density at radius 2 is 1.89 bits per heavy atom. The number of rotatable bonds is 4. The molecule has 0 aromatic heterocycles. The molecule has 0 radical (unpaired) electrons. The topological polar surface area (TPSA) is 41.1 Å². The molecule has 5 atom stereocenters. The van der Waals surface area contributed by atoms with Gasteiger partial charge in [-0.3, -0.25) is 4.79 Å². The molecular weight excluding hydrogens is 236 g/mol. The standard InChI is InChI=1S/C16H26N2O/c19-13(7-6-12-3-1-2-8-17-12)18-16-14-10-4-5-11(9-10)15(14)16/h10-12,14-17H,1-9H2,(H,18,19). The Hall–Kier alpha value is -0.570. The van der Waals surface area contributed by atoms with Crippen LogP contribution >= 0.6 is 0 Å². The summed E-state index contributed by atoms with van der Waals surface area (Å²) in [7, 11) is 0. The maximum Gasteiger partial charge on any atom is 0.220 e. The Kier molecular flexibility index (Phi) is 3.06. The average Bonchev–Trinajstić information content (AvgIpc) is 2.85. The van der Waals surface area contributed by atoms with Crippen molar-refractivity contribution >= 4 is 5.91 Å². The normalized spacial score (nSPS) is 46.9. The first-order chi connectivity index (χ1) is 9.33. The van der Waals surface area contributed by atoms with Crippen LogP contribution in [0, 0.1) is 23.7 Å². The van der Waals surface area contributed by atoms with Crippen LogP contribution in [0.4, 0.5) is 0 Å². The highest BCUT2D eigenvalue weighted by Crippen LogP contribution is 2.65. The summed E-state index contributed by atoms with van der Waals surface area (Å²) in [5, 5.41) is 6.86. The van der Waals surface area contributed by atoms with E-state index in [4.69, 9.17) is 0 Å². The lowest BCUT2D eigenvalue weighted by Crippen LogP contribution is -2.36. The lowest BCUT2D eigenvalue weighted by molar-refractivity contribution is -0.121. The van der Waals surface area contributed by atoms with Crippen molar-refractivity contribution < 1.29 is 4.79 Å². The Bertz CT molecular complexity index is 348. The van der Waals surface area contributed by atoms with Crippen LogP contribution in [0.25, 0.3) is 0 Å². The first-order valence-corrected chi connectivity index (χ1v) is 8.35. The summed E-state index contributed by atoms with van der Waals surface area (Å²) in [6.07, 6.45) is 9.98. The molecule has 2 N–H and O–H groups in total. The zero-order valence-electron chi connectivity index (χ0n) is 11.7. The minimum Gasteiger partial charge on any atom is -0.353 e. The van der Waals surface area contributed by atoms with Crippen molar-refractivity contribution in [2.75, 3.05) is 6.54 Å². The van der Waals surface area contributed by atoms with Crippen molar-refractivity contribution in [3.63, 3.8) is 0 Å². The van der Waals surface area contributed by atoms with E-state index in [0.29, 0.717) is 18.0 Å². The third kappa shape index (κ3) is 2.20. The summed E-state index contributed by atoms with van der Waals surface area (Å²) in [6, 6.07) is 1.16. The summed E-state index contributed by atoms with van der Waals surface area (Å²) in [6.45, 7) is 1.14. The molecule has 3 heteroatoms. The van der Waals surface area contributed by atoms with Gasteiger partial charge in [0.05, 0.1) is 0 Å². The second-order valence-electron chi connectivity index (χ2n) is 7.27. The number of nitrogens with one attached hydrogen (secondary N) is 2. The smallest absolute Gasteiger partial charge is 0.220 e. The SMILES string of the molecule is O=C(CCC1CCCCN1)NC1C2C3CCC(C3)C12. The molecule has 19 heavy (non-hydrogen) atoms. The van der Waals surface area contributed by atoms with Crippen molar-refractivity contribution in [1.29, 1.82) is 0 Å². The van der Waals surface area contributed by atoms with Crippen molar-refractivity contribution in [3.05, 3.63) is 0 Å². The van der Waals surface area contributed by atoms with Gasteiger partial charge in [0.2, 0.25) is 5.91 Å². The zero-order chi connectivity index (χ0) is 12.8. The predicted octanol–water partition coefficient (Wildman–Crippen LogP) is 2.07. The number of piperidine rings is 1. The van der Waals surface area contributed by atoms with Crippen LogP contribution in [0.1, 0.15) is 51.4 Å². The van der Waals surface area contributed by atoms with E-state index in [1.165, 1.54) is 38.5 Å². The fraction of sp³-hybridized carbons (Fsp3) is 0.938. The molecule has 3 nitrogen and oxygen atoms in total. The second-order valence-corrected chi connectivity index (χ2v) is 7.27. The molecule has 2 bridgehead atoms. The van der Waals surface area contributed by atoms with Gasteiger partial charge in [-0.15, -0.1) is 0 Å². The maximum atomic E-state index is 12.1. The lowest BCUT2D eigenvalue weighted by Gasteiger charge is -2.23. The van der Waals surface area contributed by atoms with Crippen LogP contribution in [0.3, 0.4) is 0 Å². The highest BCUT2D eigenvalue weighted by molar-refractivity contribution is 5.76. The summed E-state index contributed by atoms with van der Waals surface area (Å²) in [4.78, 5) is 12.1. The molecular formula is C16H26N2O. The molecule has 4 fully saturated rings. The van der Waals surface area contributed by atoms with Gasteiger partial charge in [0.25, 0.3) is 0 Å². The van der Waals surface area contributed by atoms with Gasteiger partial charge in [0, 0.05) is 18.5 Å². The Morgan fingerprint density at radius 1 is 1.11 bits per heavy atom. The van der Waals surface area contributed by atoms with Crippen LogP contribution in [-0.2, 0) is 4.79 Å². The number of hydrogen-bond acceptors (Lipinski definition) is 2. The van der Waals surface area contributed by atoms with Crippen LogP contribution in [0.2, 0.25) is 0 Å². The molecule has 1 amide bonds. The van der Waals surface area contributed by atoms with Gasteiger partial charge in [-0.1, -0.05) is 6.42 Å². The molecule has 1 aliphatic heterocycles. The van der Waals surface area contributed by atoms with Crippen LogP contribution in [0.5, 0.6) is 0 Å². The monoisotopic (exact) mass is 262 g/mol. The van der Waals surface area contributed by atoms with Crippen molar-refractivity contribution in [2.24, 2.45) is 23.7 Å². The van der Waals surface area contributed by atoms with Gasteiger partial charge < -0.3 is 10.6 Å². The van der Waals surface area contributed by atoms with Gasteiger partial charge in [-0.25, -0.2) is 0 Å². The van der Waals surface area contributed by atoms with Crippen molar-refractivity contribution in [1.82, 2.24) is 10.6 Å². The van der Waals surface area contributed by atoms with E-state index in [9.17, 15) is 4.79 Å². The molecule has 0 spiro atoms. The number of carbonyl (C=O) groups excluding carboxylic acids is 1. The van der Waals surface area contributed by atoms with Gasteiger partial charge >= 0.3 is 0 Å². The van der Waals surface area contributed by atoms with E-state index in [0.717, 1.165) is 43.1 Å². The number of amides is 1. The number of hydrogen-bond donors (Lipinski definition) is 2. The fourth-order valence-corrected chi connectivity index (χ4v) is 5.25. The molecule has 0 aromatic rings. The van der Waals surface area contributed by atoms with Crippen molar-refractivity contribution in [2.45, 2.75) is 63.5 Å². The van der Waals surface area contributed by atoms with Gasteiger partial charge in [0.15, 0.2) is 0 Å². The Balaban J connectivity index is 1.21. The molecule has 106 valence electrons. The first-order valence-electron chi connectivity index (χ1n) is 8.35. The largest absolute Gasteiger partial charge is 0.353 e. The Labute approximate surface area is 115 Å². The molecule has 3 aliphatic carbocycles. The minimum atomic E-state index is 0.311. The van der Waals surface area contributed by atoms with E-state index in [-0.39, 0.29) is 0 Å². The first kappa shape index (κ1) is 12.2. The van der Waals surface area contributed by atoms with Crippen LogP contribution in [-0.4, -0.2) is 24.5 Å². The van der Waals surface area contributed by atoms with E-state index in [1.807, 2.05) is 0 Å². The molecule has 4 aliphatic rings. The molecule has 1 heterocycles. The molecule has 1 saturated heterocycles. The molecule has 5 unspecified atom stereocenters. The van der Waals surface area contributed by atoms with E-state index in [2.05, 4.69) is 10.6 Å². The molecule has 0 aromatic carbocycles. The number of carbonyl (C=O) groups is 1. The van der Waals surface area contributed by atoms with Crippen LogP contribution in [0.15, 0.2) is 0 Å². The number of fused-ring (bicyclic) bond motifs is 5. The van der Waals surface area contributed by atoms with E-state index < -0.39 is 0 Å². The van der Waals surface area contributed by atoms with E-state index >= 15 is 0 Å². The van der Waals surface area contributed by atoms with Crippen LogP contribution < -0.4 is 10.6 Å². The third-order valence-corrected chi connectivity index (χ3v) is 6.20. The highest BCUT2D eigenvalue weighted by Gasteiger charge is 2.65. The third-order valence-electron chi connectivity index (χ3n) is 6.20. The fourth-order valence-electron chi connectivity index (χ4n) is 5.25. The minimum absolute atomic E-state index is 0.311. The maximum absolute atomic E-state index is 12.1. The van der Waals surface area contributed by atoms with Gasteiger partial charge in [-0.05, 0) is 68.7 Å². The predicted molar refractivity (Wildman–Crippen MR) is 74.6 cm³/mol. The van der Waals surface area contributed by atoms with E-state index in [1.54, 1.807) is 0 Å². The Morgan fingerprint density at radius 3 is 2.58 bits per heavy atom. The molecule has 4 rings (SSSR count). The highest BCUT2D eigenvalue weighted by atomic mass is 16.1. The second kappa shape index (κ2) is 4.76. The van der Waals surface area contributed by atoms with Gasteiger partial charge in [0.1, 0.15) is 0 Å². The quantitative estimate of drug-likeness (QED) is 0.814. The average molecular weight is 262 g/mol. The van der Waals surface area contributed by atoms with Crippen molar-refractivity contribution in [3.8, 4) is 0 Å².